The van der Waals surface area contributed by atoms with E-state index in [0.717, 1.165) is 11.8 Å². The number of hydrogen-bond acceptors (Lipinski definition) is 4. The van der Waals surface area contributed by atoms with E-state index in [2.05, 4.69) is 15.0 Å². The molecule has 0 aliphatic rings. The molecule has 0 atom stereocenters. The number of anilines is 1. The minimum atomic E-state index is -4.59. The van der Waals surface area contributed by atoms with E-state index in [4.69, 9.17) is 0 Å². The number of carbonyl (C=O) groups is 1. The number of halogens is 3. The highest BCUT2D eigenvalue weighted by atomic mass is 19.4. The summed E-state index contributed by atoms with van der Waals surface area (Å²) in [6, 6.07) is 7.57. The highest BCUT2D eigenvalue weighted by Crippen LogP contribution is 2.29. The topological polar surface area (TPSA) is 58.4 Å². The van der Waals surface area contributed by atoms with Gasteiger partial charge < -0.3 is 14.7 Å². The van der Waals surface area contributed by atoms with Gasteiger partial charge in [0.25, 0.3) is 5.91 Å². The van der Waals surface area contributed by atoms with Gasteiger partial charge in [0.15, 0.2) is 0 Å². The Bertz CT molecular complexity index is 648. The SMILES string of the molecule is CN(C)c1ccc(C(=O)NCc2cc(C(F)(F)F)on2)cc1. The van der Waals surface area contributed by atoms with Crippen molar-refractivity contribution in [2.24, 2.45) is 0 Å². The van der Waals surface area contributed by atoms with Gasteiger partial charge in [-0.3, -0.25) is 4.79 Å². The highest BCUT2D eigenvalue weighted by Gasteiger charge is 2.36. The zero-order chi connectivity index (χ0) is 16.3. The van der Waals surface area contributed by atoms with Crippen LogP contribution in [-0.2, 0) is 12.7 Å². The van der Waals surface area contributed by atoms with E-state index in [0.29, 0.717) is 5.56 Å². The first-order valence-corrected chi connectivity index (χ1v) is 6.36. The van der Waals surface area contributed by atoms with Crippen LogP contribution in [-0.4, -0.2) is 25.2 Å². The molecule has 1 aromatic carbocycles. The van der Waals surface area contributed by atoms with Crippen LogP contribution in [0.25, 0.3) is 0 Å². The molecule has 2 aromatic rings. The Labute approximate surface area is 124 Å². The van der Waals surface area contributed by atoms with Gasteiger partial charge in [0.05, 0.1) is 6.54 Å². The van der Waals surface area contributed by atoms with Gasteiger partial charge in [-0.2, -0.15) is 13.2 Å². The number of rotatable bonds is 4. The molecule has 0 saturated carbocycles. The summed E-state index contributed by atoms with van der Waals surface area (Å²) in [6.07, 6.45) is -4.59. The van der Waals surface area contributed by atoms with Gasteiger partial charge in [-0.1, -0.05) is 5.16 Å². The Balaban J connectivity index is 1.96. The largest absolute Gasteiger partial charge is 0.452 e. The second-order valence-electron chi connectivity index (χ2n) is 4.80. The van der Waals surface area contributed by atoms with Crippen molar-refractivity contribution in [2.75, 3.05) is 19.0 Å². The summed E-state index contributed by atoms with van der Waals surface area (Å²) < 4.78 is 41.2. The zero-order valence-corrected chi connectivity index (χ0v) is 11.9. The molecule has 2 rings (SSSR count). The predicted molar refractivity (Wildman–Crippen MR) is 73.4 cm³/mol. The molecule has 0 bridgehead atoms. The van der Waals surface area contributed by atoms with E-state index in [1.165, 1.54) is 0 Å². The monoisotopic (exact) mass is 313 g/mol. The van der Waals surface area contributed by atoms with Crippen LogP contribution in [0.3, 0.4) is 0 Å². The molecular formula is C14H14F3N3O2. The molecule has 1 heterocycles. The van der Waals surface area contributed by atoms with Gasteiger partial charge in [0.2, 0.25) is 5.76 Å². The van der Waals surface area contributed by atoms with Crippen molar-refractivity contribution >= 4 is 11.6 Å². The number of aromatic nitrogens is 1. The number of nitrogens with zero attached hydrogens (tertiary/aromatic N) is 2. The van der Waals surface area contributed by atoms with Gasteiger partial charge in [-0.25, -0.2) is 0 Å². The number of hydrogen-bond donors (Lipinski definition) is 1. The molecule has 1 aromatic heterocycles. The Morgan fingerprint density at radius 2 is 1.91 bits per heavy atom. The zero-order valence-electron chi connectivity index (χ0n) is 11.9. The Morgan fingerprint density at radius 3 is 2.41 bits per heavy atom. The molecule has 0 aliphatic heterocycles. The van der Waals surface area contributed by atoms with Gasteiger partial charge >= 0.3 is 6.18 Å². The molecule has 118 valence electrons. The fraction of sp³-hybridized carbons (Fsp3) is 0.286. The first-order chi connectivity index (χ1) is 10.3. The molecule has 1 amide bonds. The fourth-order valence-electron chi connectivity index (χ4n) is 1.71. The van der Waals surface area contributed by atoms with Crippen LogP contribution in [0.4, 0.5) is 18.9 Å². The Hall–Kier alpha value is -2.51. The van der Waals surface area contributed by atoms with Crippen LogP contribution in [0.1, 0.15) is 21.8 Å². The highest BCUT2D eigenvalue weighted by molar-refractivity contribution is 5.94. The van der Waals surface area contributed by atoms with Gasteiger partial charge in [-0.15, -0.1) is 0 Å². The number of alkyl halides is 3. The number of carbonyl (C=O) groups excluding carboxylic acids is 1. The van der Waals surface area contributed by atoms with E-state index in [1.807, 2.05) is 19.0 Å². The average Bonchev–Trinajstić information content (AvgIpc) is 2.94. The second kappa shape index (κ2) is 6.08. The van der Waals surface area contributed by atoms with Crippen LogP contribution < -0.4 is 10.2 Å². The smallest absolute Gasteiger partial charge is 0.378 e. The first-order valence-electron chi connectivity index (χ1n) is 6.36. The molecule has 0 spiro atoms. The third-order valence-electron chi connectivity index (χ3n) is 2.91. The van der Waals surface area contributed by atoms with Crippen molar-refractivity contribution < 1.29 is 22.5 Å². The molecule has 0 saturated heterocycles. The van der Waals surface area contributed by atoms with Gasteiger partial charge in [-0.05, 0) is 24.3 Å². The summed E-state index contributed by atoms with van der Waals surface area (Å²) in [7, 11) is 3.75. The summed E-state index contributed by atoms with van der Waals surface area (Å²) >= 11 is 0. The Kier molecular flexibility index (Phi) is 4.39. The van der Waals surface area contributed by atoms with Crippen LogP contribution in [0.15, 0.2) is 34.9 Å². The molecular weight excluding hydrogens is 299 g/mol. The summed E-state index contributed by atoms with van der Waals surface area (Å²) in [4.78, 5) is 13.8. The molecule has 1 N–H and O–H groups in total. The van der Waals surface area contributed by atoms with E-state index in [-0.39, 0.29) is 12.2 Å². The number of benzene rings is 1. The fourth-order valence-corrected chi connectivity index (χ4v) is 1.71. The van der Waals surface area contributed by atoms with Crippen LogP contribution in [0.2, 0.25) is 0 Å². The van der Waals surface area contributed by atoms with Crippen molar-refractivity contribution in [3.8, 4) is 0 Å². The maximum atomic E-state index is 12.3. The number of amides is 1. The summed E-state index contributed by atoms with van der Waals surface area (Å²) in [5.41, 5.74) is 1.35. The second-order valence-corrected chi connectivity index (χ2v) is 4.80. The quantitative estimate of drug-likeness (QED) is 0.943. The normalized spacial score (nSPS) is 11.3. The molecule has 0 fully saturated rings. The minimum absolute atomic E-state index is 0.00517. The van der Waals surface area contributed by atoms with E-state index >= 15 is 0 Å². The summed E-state index contributed by atoms with van der Waals surface area (Å²) in [5.74, 6) is -1.59. The molecule has 0 aliphatic carbocycles. The van der Waals surface area contributed by atoms with E-state index in [1.54, 1.807) is 24.3 Å². The average molecular weight is 313 g/mol. The van der Waals surface area contributed by atoms with Crippen molar-refractivity contribution in [3.63, 3.8) is 0 Å². The van der Waals surface area contributed by atoms with Crippen molar-refractivity contribution in [1.29, 1.82) is 0 Å². The standard InChI is InChI=1S/C14H14F3N3O2/c1-20(2)11-5-3-9(4-6-11)13(21)18-8-10-7-12(22-19-10)14(15,16)17/h3-7H,8H2,1-2H3,(H,18,21). The van der Waals surface area contributed by atoms with Crippen LogP contribution in [0, 0.1) is 0 Å². The van der Waals surface area contributed by atoms with E-state index in [9.17, 15) is 18.0 Å². The lowest BCUT2D eigenvalue weighted by molar-refractivity contribution is -0.155. The van der Waals surface area contributed by atoms with Crippen molar-refractivity contribution in [1.82, 2.24) is 10.5 Å². The van der Waals surface area contributed by atoms with Crippen LogP contribution in [0.5, 0.6) is 0 Å². The molecule has 22 heavy (non-hydrogen) atoms. The lowest BCUT2D eigenvalue weighted by Gasteiger charge is -2.12. The van der Waals surface area contributed by atoms with Crippen molar-refractivity contribution in [3.05, 3.63) is 47.3 Å². The maximum Gasteiger partial charge on any atom is 0.452 e. The van der Waals surface area contributed by atoms with E-state index < -0.39 is 17.8 Å². The summed E-state index contributed by atoms with van der Waals surface area (Å²) in [6.45, 7) is -0.145. The lowest BCUT2D eigenvalue weighted by Crippen LogP contribution is -2.23. The third kappa shape index (κ3) is 3.78. The van der Waals surface area contributed by atoms with Gasteiger partial charge in [0.1, 0.15) is 5.69 Å². The molecule has 0 unspecified atom stereocenters. The number of nitrogens with one attached hydrogen (secondary N) is 1. The third-order valence-corrected chi connectivity index (χ3v) is 2.91. The van der Waals surface area contributed by atoms with Gasteiger partial charge in [0, 0.05) is 31.4 Å². The maximum absolute atomic E-state index is 12.3. The summed E-state index contributed by atoms with van der Waals surface area (Å²) in [5, 5.41) is 5.76. The van der Waals surface area contributed by atoms with Crippen LogP contribution >= 0.6 is 0 Å². The molecule has 0 radical (unpaired) electrons. The molecule has 8 heteroatoms. The predicted octanol–water partition coefficient (Wildman–Crippen LogP) is 2.69. The lowest BCUT2D eigenvalue weighted by atomic mass is 10.2. The minimum Gasteiger partial charge on any atom is -0.378 e. The van der Waals surface area contributed by atoms with Crippen molar-refractivity contribution in [2.45, 2.75) is 12.7 Å². The Morgan fingerprint density at radius 1 is 1.27 bits per heavy atom. The first kappa shape index (κ1) is 15.9. The molecule has 5 nitrogen and oxygen atoms in total.